The number of benzene rings is 1. The minimum atomic E-state index is -1.08. The fraction of sp³-hybridized carbons (Fsp3) is 0.308. The smallest absolute Gasteiger partial charge is 0.358 e. The molecule has 2 aromatic rings. The van der Waals surface area contributed by atoms with Crippen LogP contribution in [0.2, 0.25) is 0 Å². The van der Waals surface area contributed by atoms with Gasteiger partial charge in [0.15, 0.2) is 5.69 Å². The molecule has 1 heterocycles. The summed E-state index contributed by atoms with van der Waals surface area (Å²) < 4.78 is 1.62. The van der Waals surface area contributed by atoms with E-state index in [1.807, 2.05) is 12.1 Å². The molecule has 98 valence electrons. The van der Waals surface area contributed by atoms with Crippen molar-refractivity contribution in [3.05, 3.63) is 46.8 Å². The minimum absolute atomic E-state index is 0.0462. The minimum Gasteiger partial charge on any atom is -0.476 e. The molecule has 1 aliphatic carbocycles. The van der Waals surface area contributed by atoms with Crippen LogP contribution >= 0.6 is 0 Å². The van der Waals surface area contributed by atoms with Crippen molar-refractivity contribution in [2.24, 2.45) is 5.73 Å². The Balaban J connectivity index is 1.84. The molecule has 3 rings (SSSR count). The van der Waals surface area contributed by atoms with Gasteiger partial charge in [0.2, 0.25) is 0 Å². The van der Waals surface area contributed by atoms with Gasteiger partial charge in [-0.2, -0.15) is 0 Å². The van der Waals surface area contributed by atoms with Gasteiger partial charge in [-0.1, -0.05) is 29.5 Å². The van der Waals surface area contributed by atoms with Crippen LogP contribution in [0.1, 0.15) is 33.2 Å². The first-order valence-electron chi connectivity index (χ1n) is 6.14. The fourth-order valence-electron chi connectivity index (χ4n) is 2.58. The molecule has 1 aromatic heterocycles. The average molecular weight is 258 g/mol. The largest absolute Gasteiger partial charge is 0.476 e. The summed E-state index contributed by atoms with van der Waals surface area (Å²) in [6.07, 6.45) is 0.989. The third-order valence-electron chi connectivity index (χ3n) is 3.59. The molecule has 0 aliphatic heterocycles. The maximum Gasteiger partial charge on any atom is 0.358 e. The van der Waals surface area contributed by atoms with Crippen molar-refractivity contribution in [2.45, 2.75) is 25.4 Å². The highest BCUT2D eigenvalue weighted by Crippen LogP contribution is 2.35. The number of nitrogens with zero attached hydrogens (tertiary/aromatic N) is 3. The second-order valence-electron chi connectivity index (χ2n) is 4.68. The van der Waals surface area contributed by atoms with E-state index in [9.17, 15) is 4.79 Å². The number of aromatic carboxylic acids is 1. The van der Waals surface area contributed by atoms with Crippen LogP contribution < -0.4 is 5.73 Å². The maximum atomic E-state index is 11.0. The summed E-state index contributed by atoms with van der Waals surface area (Å²) in [7, 11) is 0. The van der Waals surface area contributed by atoms with Crippen LogP contribution in [-0.4, -0.2) is 26.1 Å². The monoisotopic (exact) mass is 258 g/mol. The molecule has 19 heavy (non-hydrogen) atoms. The summed E-state index contributed by atoms with van der Waals surface area (Å²) in [6, 6.07) is 8.25. The Kier molecular flexibility index (Phi) is 2.79. The van der Waals surface area contributed by atoms with Crippen LogP contribution in [0.15, 0.2) is 24.3 Å². The Hall–Kier alpha value is -2.21. The van der Waals surface area contributed by atoms with Gasteiger partial charge < -0.3 is 10.8 Å². The first-order valence-corrected chi connectivity index (χ1v) is 6.14. The van der Waals surface area contributed by atoms with Crippen LogP contribution in [0, 0.1) is 0 Å². The quantitative estimate of drug-likeness (QED) is 0.845. The molecule has 1 atom stereocenters. The van der Waals surface area contributed by atoms with Gasteiger partial charge in [-0.25, -0.2) is 9.48 Å². The lowest BCUT2D eigenvalue weighted by Gasteiger charge is -2.30. The number of fused-ring (bicyclic) bond motifs is 1. The van der Waals surface area contributed by atoms with E-state index in [4.69, 9.17) is 10.8 Å². The molecule has 6 heteroatoms. The zero-order chi connectivity index (χ0) is 13.4. The lowest BCUT2D eigenvalue weighted by Crippen LogP contribution is -2.24. The van der Waals surface area contributed by atoms with Crippen molar-refractivity contribution < 1.29 is 9.90 Å². The zero-order valence-electron chi connectivity index (χ0n) is 10.3. The first kappa shape index (κ1) is 11.9. The predicted octanol–water partition coefficient (Wildman–Crippen LogP) is 0.775. The maximum absolute atomic E-state index is 11.0. The first-order chi connectivity index (χ1) is 9.20. The van der Waals surface area contributed by atoms with Gasteiger partial charge in [0, 0.05) is 12.5 Å². The van der Waals surface area contributed by atoms with E-state index in [1.165, 1.54) is 11.1 Å². The second-order valence-corrected chi connectivity index (χ2v) is 4.68. The van der Waals surface area contributed by atoms with E-state index in [1.54, 1.807) is 4.68 Å². The molecule has 6 nitrogen and oxygen atoms in total. The van der Waals surface area contributed by atoms with Crippen LogP contribution in [0.3, 0.4) is 0 Å². The van der Waals surface area contributed by atoms with Gasteiger partial charge >= 0.3 is 5.97 Å². The van der Waals surface area contributed by atoms with Crippen molar-refractivity contribution >= 4 is 5.97 Å². The molecule has 1 aromatic carbocycles. The van der Waals surface area contributed by atoms with Crippen molar-refractivity contribution in [1.82, 2.24) is 15.0 Å². The lowest BCUT2D eigenvalue weighted by atomic mass is 9.77. The van der Waals surface area contributed by atoms with Crippen LogP contribution in [0.5, 0.6) is 0 Å². The van der Waals surface area contributed by atoms with Crippen LogP contribution in [0.4, 0.5) is 0 Å². The highest BCUT2D eigenvalue weighted by Gasteiger charge is 2.28. The average Bonchev–Trinajstić information content (AvgIpc) is 2.79. The highest BCUT2D eigenvalue weighted by atomic mass is 16.4. The number of carboxylic acids is 1. The Morgan fingerprint density at radius 3 is 2.95 bits per heavy atom. The van der Waals surface area contributed by atoms with E-state index in [2.05, 4.69) is 22.4 Å². The third-order valence-corrected chi connectivity index (χ3v) is 3.59. The summed E-state index contributed by atoms with van der Waals surface area (Å²) in [5, 5.41) is 16.6. The molecule has 0 bridgehead atoms. The molecule has 0 amide bonds. The predicted molar refractivity (Wildman–Crippen MR) is 67.8 cm³/mol. The molecule has 0 saturated carbocycles. The van der Waals surface area contributed by atoms with Gasteiger partial charge in [-0.15, -0.1) is 5.10 Å². The summed E-state index contributed by atoms with van der Waals surface area (Å²) >= 11 is 0. The number of hydrogen-bond acceptors (Lipinski definition) is 4. The van der Waals surface area contributed by atoms with E-state index in [-0.39, 0.29) is 12.2 Å². The number of aromatic nitrogens is 3. The van der Waals surface area contributed by atoms with Gasteiger partial charge in [-0.05, 0) is 17.5 Å². The van der Waals surface area contributed by atoms with Crippen molar-refractivity contribution in [3.8, 4) is 0 Å². The Morgan fingerprint density at radius 2 is 2.26 bits per heavy atom. The molecule has 0 fully saturated rings. The van der Waals surface area contributed by atoms with E-state index in [0.717, 1.165) is 6.42 Å². The summed E-state index contributed by atoms with van der Waals surface area (Å²) in [5.74, 6) is -0.717. The third kappa shape index (κ3) is 1.90. The highest BCUT2D eigenvalue weighted by molar-refractivity contribution is 5.86. The number of hydrogen-bond donors (Lipinski definition) is 2. The van der Waals surface area contributed by atoms with Gasteiger partial charge in [0.05, 0.1) is 12.2 Å². The molecule has 1 aliphatic rings. The molecule has 1 unspecified atom stereocenters. The molecular weight excluding hydrogens is 244 g/mol. The van der Waals surface area contributed by atoms with Crippen molar-refractivity contribution in [1.29, 1.82) is 0 Å². The topological polar surface area (TPSA) is 94.0 Å². The SMILES string of the molecule is NCc1c(C(=O)O)nnn1CC1Cc2ccccc21. The molecule has 0 radical (unpaired) electrons. The van der Waals surface area contributed by atoms with Gasteiger partial charge in [-0.3, -0.25) is 0 Å². The summed E-state index contributed by atoms with van der Waals surface area (Å²) in [4.78, 5) is 11.0. The fourth-order valence-corrected chi connectivity index (χ4v) is 2.58. The Morgan fingerprint density at radius 1 is 1.47 bits per heavy atom. The van der Waals surface area contributed by atoms with Gasteiger partial charge in [0.25, 0.3) is 0 Å². The number of carbonyl (C=O) groups is 1. The zero-order valence-corrected chi connectivity index (χ0v) is 10.3. The van der Waals surface area contributed by atoms with E-state index in [0.29, 0.717) is 18.2 Å². The summed E-state index contributed by atoms with van der Waals surface area (Å²) in [6.45, 7) is 0.757. The summed E-state index contributed by atoms with van der Waals surface area (Å²) in [5.41, 5.74) is 8.69. The van der Waals surface area contributed by atoms with Crippen LogP contribution in [-0.2, 0) is 19.5 Å². The van der Waals surface area contributed by atoms with Crippen molar-refractivity contribution in [3.63, 3.8) is 0 Å². The van der Waals surface area contributed by atoms with E-state index < -0.39 is 5.97 Å². The van der Waals surface area contributed by atoms with E-state index >= 15 is 0 Å². The van der Waals surface area contributed by atoms with Gasteiger partial charge in [0.1, 0.15) is 0 Å². The molecule has 0 saturated heterocycles. The normalized spacial score (nSPS) is 16.8. The molecular formula is C13H14N4O2. The number of carboxylic acid groups (broad SMARTS) is 1. The molecule has 3 N–H and O–H groups in total. The lowest BCUT2D eigenvalue weighted by molar-refractivity contribution is 0.0689. The standard InChI is InChI=1S/C13H14N4O2/c14-6-11-12(13(18)19)15-16-17(11)7-9-5-8-3-1-2-4-10(8)9/h1-4,9H,5-7,14H2,(H,18,19). The number of rotatable bonds is 4. The number of nitrogens with two attached hydrogens (primary N) is 1. The Labute approximate surface area is 109 Å². The second kappa shape index (κ2) is 4.47. The molecule has 0 spiro atoms. The van der Waals surface area contributed by atoms with Crippen LogP contribution in [0.25, 0.3) is 0 Å². The Bertz CT molecular complexity index is 635. The van der Waals surface area contributed by atoms with Crippen molar-refractivity contribution in [2.75, 3.05) is 0 Å².